The van der Waals surface area contributed by atoms with Crippen LogP contribution in [0.25, 0.3) is 0 Å². The zero-order valence-corrected chi connectivity index (χ0v) is 11.4. The monoisotopic (exact) mass is 316 g/mol. The van der Waals surface area contributed by atoms with E-state index in [0.717, 1.165) is 0 Å². The fourth-order valence-corrected chi connectivity index (χ4v) is 2.43. The molecule has 18 heavy (non-hydrogen) atoms. The number of esters is 1. The molecule has 1 aliphatic heterocycles. The molecule has 0 aliphatic carbocycles. The number of carbonyl (C=O) groups is 2. The van der Waals surface area contributed by atoms with Crippen LogP contribution >= 0.6 is 15.9 Å². The van der Waals surface area contributed by atoms with Gasteiger partial charge in [0.1, 0.15) is 5.82 Å². The van der Waals surface area contributed by atoms with Gasteiger partial charge >= 0.3 is 5.97 Å². The second-order valence-electron chi connectivity index (χ2n) is 3.89. The summed E-state index contributed by atoms with van der Waals surface area (Å²) in [6.45, 7) is 2.92. The van der Waals surface area contributed by atoms with E-state index in [0.29, 0.717) is 30.0 Å². The van der Waals surface area contributed by atoms with Crippen LogP contribution in [-0.4, -0.2) is 34.8 Å². The highest BCUT2D eigenvalue weighted by atomic mass is 79.9. The maximum Gasteiger partial charge on any atom is 0.312 e. The summed E-state index contributed by atoms with van der Waals surface area (Å²) in [7, 11) is 0. The van der Waals surface area contributed by atoms with E-state index < -0.39 is 5.91 Å². The second-order valence-corrected chi connectivity index (χ2v) is 4.68. The number of carbonyl (C=O) groups excluding carboxylic acids is 2. The summed E-state index contributed by atoms with van der Waals surface area (Å²) in [6, 6.07) is 0. The molecular formula is C10H13BrN4O3. The van der Waals surface area contributed by atoms with Gasteiger partial charge in [-0.05, 0) is 22.9 Å². The van der Waals surface area contributed by atoms with Gasteiger partial charge in [0, 0.05) is 6.54 Å². The molecule has 0 bridgehead atoms. The molecule has 2 heterocycles. The Kier molecular flexibility index (Phi) is 3.55. The standard InChI is InChI=1S/C10H13BrN4O3/c1-2-18-10(17)5-3-13-9-6(11)7(8(12)16)14-15(9)4-5/h5,13H,2-4H2,1H3,(H2,12,16). The van der Waals surface area contributed by atoms with Gasteiger partial charge in [0.25, 0.3) is 5.91 Å². The van der Waals surface area contributed by atoms with Crippen LogP contribution in [0.4, 0.5) is 5.82 Å². The molecule has 0 radical (unpaired) electrons. The summed E-state index contributed by atoms with van der Waals surface area (Å²) in [5.74, 6) is -0.546. The molecular weight excluding hydrogens is 304 g/mol. The molecule has 1 aromatic heterocycles. The average Bonchev–Trinajstić information content (AvgIpc) is 2.67. The Hall–Kier alpha value is -1.57. The molecule has 1 aliphatic rings. The van der Waals surface area contributed by atoms with Gasteiger partial charge < -0.3 is 15.8 Å². The van der Waals surface area contributed by atoms with E-state index in [1.54, 1.807) is 11.6 Å². The molecule has 8 heteroatoms. The Labute approximate surface area is 112 Å². The maximum absolute atomic E-state index is 11.6. The number of nitrogens with one attached hydrogen (secondary N) is 1. The third kappa shape index (κ3) is 2.20. The largest absolute Gasteiger partial charge is 0.466 e. The normalized spacial score (nSPS) is 17.8. The molecule has 1 atom stereocenters. The first-order valence-electron chi connectivity index (χ1n) is 5.51. The van der Waals surface area contributed by atoms with E-state index in [2.05, 4.69) is 26.3 Å². The van der Waals surface area contributed by atoms with Crippen molar-refractivity contribution in [3.63, 3.8) is 0 Å². The van der Waals surface area contributed by atoms with Gasteiger partial charge in [0.15, 0.2) is 5.69 Å². The van der Waals surface area contributed by atoms with E-state index in [-0.39, 0.29) is 17.6 Å². The Bertz CT molecular complexity index is 500. The zero-order valence-electron chi connectivity index (χ0n) is 9.77. The number of rotatable bonds is 3. The lowest BCUT2D eigenvalue weighted by Gasteiger charge is -2.23. The SMILES string of the molecule is CCOC(=O)C1CNc2c(Br)c(C(N)=O)nn2C1. The average molecular weight is 317 g/mol. The van der Waals surface area contributed by atoms with Crippen molar-refractivity contribution >= 4 is 33.6 Å². The lowest BCUT2D eigenvalue weighted by molar-refractivity contribution is -0.148. The maximum atomic E-state index is 11.6. The van der Waals surface area contributed by atoms with Gasteiger partial charge in [-0.3, -0.25) is 9.59 Å². The highest BCUT2D eigenvalue weighted by Gasteiger charge is 2.30. The van der Waals surface area contributed by atoms with Crippen LogP contribution in [0.3, 0.4) is 0 Å². The third-order valence-corrected chi connectivity index (χ3v) is 3.41. The minimum absolute atomic E-state index is 0.155. The van der Waals surface area contributed by atoms with Crippen molar-refractivity contribution < 1.29 is 14.3 Å². The first-order chi connectivity index (χ1) is 8.54. The minimum Gasteiger partial charge on any atom is -0.466 e. The number of halogens is 1. The Balaban J connectivity index is 2.22. The van der Waals surface area contributed by atoms with E-state index in [1.165, 1.54) is 0 Å². The molecule has 1 amide bonds. The van der Waals surface area contributed by atoms with Crippen molar-refractivity contribution in [2.75, 3.05) is 18.5 Å². The van der Waals surface area contributed by atoms with Gasteiger partial charge in [0.2, 0.25) is 0 Å². The third-order valence-electron chi connectivity index (χ3n) is 2.66. The number of aromatic nitrogens is 2. The molecule has 7 nitrogen and oxygen atoms in total. The predicted octanol–water partition coefficient (Wildman–Crippen LogP) is 0.349. The zero-order chi connectivity index (χ0) is 13.3. The second kappa shape index (κ2) is 4.97. The molecule has 3 N–H and O–H groups in total. The van der Waals surface area contributed by atoms with Gasteiger partial charge in [-0.15, -0.1) is 0 Å². The number of anilines is 1. The Morgan fingerprint density at radius 2 is 2.39 bits per heavy atom. The molecule has 0 spiro atoms. The fraction of sp³-hybridized carbons (Fsp3) is 0.500. The smallest absolute Gasteiger partial charge is 0.312 e. The minimum atomic E-state index is -0.613. The number of ether oxygens (including phenoxy) is 1. The topological polar surface area (TPSA) is 99.2 Å². The van der Waals surface area contributed by atoms with E-state index >= 15 is 0 Å². The van der Waals surface area contributed by atoms with Crippen LogP contribution in [0.1, 0.15) is 17.4 Å². The summed E-state index contributed by atoms with van der Waals surface area (Å²) >= 11 is 3.26. The van der Waals surface area contributed by atoms with Crippen molar-refractivity contribution in [2.24, 2.45) is 11.7 Å². The number of hydrogen-bond donors (Lipinski definition) is 2. The number of nitrogens with two attached hydrogens (primary N) is 1. The van der Waals surface area contributed by atoms with Crippen LogP contribution in [-0.2, 0) is 16.1 Å². The van der Waals surface area contributed by atoms with Crippen molar-refractivity contribution in [1.82, 2.24) is 9.78 Å². The van der Waals surface area contributed by atoms with Gasteiger partial charge in [0.05, 0.1) is 23.5 Å². The number of fused-ring (bicyclic) bond motifs is 1. The van der Waals surface area contributed by atoms with Crippen LogP contribution in [0.5, 0.6) is 0 Å². The van der Waals surface area contributed by atoms with Crippen molar-refractivity contribution in [3.8, 4) is 0 Å². The summed E-state index contributed by atoms with van der Waals surface area (Å²) in [5.41, 5.74) is 5.36. The van der Waals surface area contributed by atoms with Crippen LogP contribution in [0, 0.1) is 5.92 Å². The van der Waals surface area contributed by atoms with Crippen molar-refractivity contribution in [3.05, 3.63) is 10.2 Å². The fourth-order valence-electron chi connectivity index (χ4n) is 1.81. The first-order valence-corrected chi connectivity index (χ1v) is 6.30. The van der Waals surface area contributed by atoms with E-state index in [4.69, 9.17) is 10.5 Å². The van der Waals surface area contributed by atoms with Gasteiger partial charge in [-0.1, -0.05) is 0 Å². The molecule has 98 valence electrons. The highest BCUT2D eigenvalue weighted by Crippen LogP contribution is 2.30. The van der Waals surface area contributed by atoms with Crippen molar-refractivity contribution in [2.45, 2.75) is 13.5 Å². The number of hydrogen-bond acceptors (Lipinski definition) is 5. The first kappa shape index (κ1) is 12.9. The van der Waals surface area contributed by atoms with Crippen LogP contribution in [0.2, 0.25) is 0 Å². The molecule has 0 fully saturated rings. The molecule has 1 aromatic rings. The number of amides is 1. The molecule has 2 rings (SSSR count). The van der Waals surface area contributed by atoms with E-state index in [9.17, 15) is 9.59 Å². The Morgan fingerprint density at radius 3 is 3.00 bits per heavy atom. The lowest BCUT2D eigenvalue weighted by Crippen LogP contribution is -2.34. The lowest BCUT2D eigenvalue weighted by atomic mass is 10.1. The molecule has 1 unspecified atom stereocenters. The summed E-state index contributed by atoms with van der Waals surface area (Å²) < 4.78 is 7.03. The number of nitrogens with zero attached hydrogens (tertiary/aromatic N) is 2. The van der Waals surface area contributed by atoms with Crippen molar-refractivity contribution in [1.29, 1.82) is 0 Å². The summed E-state index contributed by atoms with van der Waals surface area (Å²) in [4.78, 5) is 22.8. The van der Waals surface area contributed by atoms with E-state index in [1.807, 2.05) is 0 Å². The van der Waals surface area contributed by atoms with Gasteiger partial charge in [-0.2, -0.15) is 5.10 Å². The molecule has 0 saturated heterocycles. The predicted molar refractivity (Wildman–Crippen MR) is 67.1 cm³/mol. The summed E-state index contributed by atoms with van der Waals surface area (Å²) in [5, 5.41) is 7.11. The highest BCUT2D eigenvalue weighted by molar-refractivity contribution is 9.10. The molecule has 0 saturated carbocycles. The summed E-state index contributed by atoms with van der Waals surface area (Å²) in [6.07, 6.45) is 0. The number of primary amides is 1. The van der Waals surface area contributed by atoms with Crippen LogP contribution < -0.4 is 11.1 Å². The quantitative estimate of drug-likeness (QED) is 0.784. The van der Waals surface area contributed by atoms with Crippen LogP contribution in [0.15, 0.2) is 4.47 Å². The molecule has 0 aromatic carbocycles. The Morgan fingerprint density at radius 1 is 1.67 bits per heavy atom. The van der Waals surface area contributed by atoms with Gasteiger partial charge in [-0.25, -0.2) is 4.68 Å².